The molecule has 1 aliphatic rings. The van der Waals surface area contributed by atoms with Gasteiger partial charge in [-0.3, -0.25) is 9.00 Å². The number of carbonyl (C=O) groups excluding carboxylic acids is 1. The van der Waals surface area contributed by atoms with Crippen LogP contribution in [0.15, 0.2) is 42.5 Å². The first kappa shape index (κ1) is 21.1. The highest BCUT2D eigenvalue weighted by Gasteiger charge is 2.28. The Kier molecular flexibility index (Phi) is 6.08. The number of benzene rings is 2. The number of aryl methyl sites for hydroxylation is 1. The zero-order valence-corrected chi connectivity index (χ0v) is 18.6. The second kappa shape index (κ2) is 8.93. The maximum Gasteiger partial charge on any atom is 0.256 e. The molecule has 1 aliphatic heterocycles. The van der Waals surface area contributed by atoms with Crippen molar-refractivity contribution in [3.05, 3.63) is 64.8 Å². The van der Waals surface area contributed by atoms with E-state index in [0.29, 0.717) is 47.6 Å². The lowest BCUT2D eigenvalue weighted by molar-refractivity contribution is 0.102. The SMILES string of the molecule is CCOc1ccc(C(=O)Nc2c3c(nn2-c2ccc(C)cc2)C[S@](=O)C3)cc1OCC. The topological polar surface area (TPSA) is 82.5 Å². The largest absolute Gasteiger partial charge is 0.490 e. The smallest absolute Gasteiger partial charge is 0.256 e. The van der Waals surface area contributed by atoms with Crippen LogP contribution in [0, 0.1) is 6.92 Å². The highest BCUT2D eigenvalue weighted by molar-refractivity contribution is 7.83. The molecule has 3 aromatic rings. The van der Waals surface area contributed by atoms with Crippen molar-refractivity contribution in [1.82, 2.24) is 9.78 Å². The molecule has 0 aliphatic carbocycles. The van der Waals surface area contributed by atoms with Gasteiger partial charge in [0.25, 0.3) is 5.91 Å². The van der Waals surface area contributed by atoms with Crippen molar-refractivity contribution in [3.8, 4) is 17.2 Å². The Morgan fingerprint density at radius 2 is 1.77 bits per heavy atom. The summed E-state index contributed by atoms with van der Waals surface area (Å²) in [5.74, 6) is 2.16. The second-order valence-corrected chi connectivity index (χ2v) is 8.69. The molecule has 7 nitrogen and oxygen atoms in total. The van der Waals surface area contributed by atoms with Gasteiger partial charge in [0.05, 0.1) is 36.1 Å². The van der Waals surface area contributed by atoms with Gasteiger partial charge in [0.1, 0.15) is 5.82 Å². The Morgan fingerprint density at radius 3 is 2.48 bits per heavy atom. The predicted octanol–water partition coefficient (Wildman–Crippen LogP) is 3.99. The zero-order chi connectivity index (χ0) is 22.0. The van der Waals surface area contributed by atoms with Crippen LogP contribution in [0.3, 0.4) is 0 Å². The Hall–Kier alpha value is -3.13. The van der Waals surface area contributed by atoms with Crippen LogP contribution in [0.5, 0.6) is 11.5 Å². The molecule has 0 saturated heterocycles. The third-order valence-electron chi connectivity index (χ3n) is 4.99. The van der Waals surface area contributed by atoms with Crippen LogP contribution >= 0.6 is 0 Å². The molecule has 8 heteroatoms. The van der Waals surface area contributed by atoms with E-state index in [4.69, 9.17) is 9.47 Å². The second-order valence-electron chi connectivity index (χ2n) is 7.23. The number of amides is 1. The number of carbonyl (C=O) groups is 1. The minimum atomic E-state index is -1.00. The van der Waals surface area contributed by atoms with Crippen molar-refractivity contribution in [2.24, 2.45) is 0 Å². The summed E-state index contributed by atoms with van der Waals surface area (Å²) in [6.07, 6.45) is 0. The Bertz CT molecular complexity index is 1140. The number of nitrogens with one attached hydrogen (secondary N) is 1. The molecule has 0 bridgehead atoms. The fourth-order valence-corrected chi connectivity index (χ4v) is 4.77. The maximum atomic E-state index is 13.1. The fraction of sp³-hybridized carbons (Fsp3) is 0.304. The van der Waals surface area contributed by atoms with Gasteiger partial charge < -0.3 is 14.8 Å². The molecule has 1 amide bonds. The van der Waals surface area contributed by atoms with Crippen molar-refractivity contribution in [1.29, 1.82) is 0 Å². The molecule has 0 radical (unpaired) electrons. The van der Waals surface area contributed by atoms with E-state index >= 15 is 0 Å². The molecule has 31 heavy (non-hydrogen) atoms. The molecule has 2 aromatic carbocycles. The van der Waals surface area contributed by atoms with Crippen LogP contribution in [-0.2, 0) is 22.3 Å². The average molecular weight is 440 g/mol. The van der Waals surface area contributed by atoms with Crippen LogP contribution in [0.2, 0.25) is 0 Å². The van der Waals surface area contributed by atoms with Gasteiger partial charge in [0.2, 0.25) is 0 Å². The first-order valence-electron chi connectivity index (χ1n) is 10.2. The highest BCUT2D eigenvalue weighted by atomic mass is 32.2. The molecule has 0 spiro atoms. The molecular weight excluding hydrogens is 414 g/mol. The van der Waals surface area contributed by atoms with E-state index in [9.17, 15) is 9.00 Å². The van der Waals surface area contributed by atoms with Crippen molar-refractivity contribution in [2.75, 3.05) is 18.5 Å². The zero-order valence-electron chi connectivity index (χ0n) is 17.8. The van der Waals surface area contributed by atoms with Gasteiger partial charge >= 0.3 is 0 Å². The lowest BCUT2D eigenvalue weighted by atomic mass is 10.1. The summed E-state index contributed by atoms with van der Waals surface area (Å²) in [6.45, 7) is 6.76. The third kappa shape index (κ3) is 4.34. The summed E-state index contributed by atoms with van der Waals surface area (Å²) >= 11 is 0. The lowest BCUT2D eigenvalue weighted by Crippen LogP contribution is -2.17. The fourth-order valence-electron chi connectivity index (χ4n) is 3.50. The predicted molar refractivity (Wildman–Crippen MR) is 121 cm³/mol. The van der Waals surface area contributed by atoms with Crippen LogP contribution in [0.4, 0.5) is 5.82 Å². The third-order valence-corrected chi connectivity index (χ3v) is 6.19. The Labute approximate surface area is 183 Å². The highest BCUT2D eigenvalue weighted by Crippen LogP contribution is 2.33. The molecule has 0 saturated carbocycles. The number of fused-ring (bicyclic) bond motifs is 1. The summed E-state index contributed by atoms with van der Waals surface area (Å²) in [5, 5.41) is 7.63. The molecule has 0 unspecified atom stereocenters. The summed E-state index contributed by atoms with van der Waals surface area (Å²) in [6, 6.07) is 13.0. The van der Waals surface area contributed by atoms with E-state index in [2.05, 4.69) is 10.4 Å². The van der Waals surface area contributed by atoms with Gasteiger partial charge in [0.15, 0.2) is 11.5 Å². The Balaban J connectivity index is 1.69. The lowest BCUT2D eigenvalue weighted by Gasteiger charge is -2.14. The van der Waals surface area contributed by atoms with E-state index in [1.807, 2.05) is 45.0 Å². The van der Waals surface area contributed by atoms with Crippen molar-refractivity contribution in [3.63, 3.8) is 0 Å². The van der Waals surface area contributed by atoms with Crippen LogP contribution in [0.25, 0.3) is 5.69 Å². The molecule has 1 N–H and O–H groups in total. The van der Waals surface area contributed by atoms with E-state index < -0.39 is 10.8 Å². The van der Waals surface area contributed by atoms with Crippen molar-refractivity contribution in [2.45, 2.75) is 32.3 Å². The summed E-state index contributed by atoms with van der Waals surface area (Å²) in [4.78, 5) is 13.1. The maximum absolute atomic E-state index is 13.1. The number of hydrogen-bond donors (Lipinski definition) is 1. The van der Waals surface area contributed by atoms with Gasteiger partial charge in [-0.25, -0.2) is 4.68 Å². The van der Waals surface area contributed by atoms with Crippen LogP contribution < -0.4 is 14.8 Å². The van der Waals surface area contributed by atoms with Crippen LogP contribution in [-0.4, -0.2) is 33.1 Å². The molecule has 4 rings (SSSR count). The monoisotopic (exact) mass is 439 g/mol. The molecule has 2 heterocycles. The van der Waals surface area contributed by atoms with E-state index in [-0.39, 0.29) is 5.91 Å². The minimum absolute atomic E-state index is 0.294. The van der Waals surface area contributed by atoms with Gasteiger partial charge in [-0.15, -0.1) is 0 Å². The quantitative estimate of drug-likeness (QED) is 0.602. The first-order chi connectivity index (χ1) is 15.0. The van der Waals surface area contributed by atoms with Gasteiger partial charge in [-0.2, -0.15) is 5.10 Å². The number of aromatic nitrogens is 2. The number of nitrogens with zero attached hydrogens (tertiary/aromatic N) is 2. The summed E-state index contributed by atoms with van der Waals surface area (Å²) in [7, 11) is -1.00. The first-order valence-corrected chi connectivity index (χ1v) is 11.7. The van der Waals surface area contributed by atoms with Gasteiger partial charge in [-0.1, -0.05) is 17.7 Å². The molecular formula is C23H25N3O4S. The molecule has 1 aromatic heterocycles. The van der Waals surface area contributed by atoms with Crippen molar-refractivity contribution < 1.29 is 18.5 Å². The van der Waals surface area contributed by atoms with Gasteiger partial charge in [-0.05, 0) is 51.1 Å². The van der Waals surface area contributed by atoms with E-state index in [1.165, 1.54) is 0 Å². The molecule has 162 valence electrons. The summed E-state index contributed by atoms with van der Waals surface area (Å²) < 4.78 is 25.0. The minimum Gasteiger partial charge on any atom is -0.490 e. The normalized spacial score (nSPS) is 14.9. The Morgan fingerprint density at radius 1 is 1.06 bits per heavy atom. The van der Waals surface area contributed by atoms with E-state index in [1.54, 1.807) is 22.9 Å². The van der Waals surface area contributed by atoms with Crippen LogP contribution in [0.1, 0.15) is 41.0 Å². The number of hydrogen-bond acceptors (Lipinski definition) is 5. The summed E-state index contributed by atoms with van der Waals surface area (Å²) in [5.41, 5.74) is 3.99. The average Bonchev–Trinajstić information content (AvgIpc) is 3.27. The van der Waals surface area contributed by atoms with Crippen molar-refractivity contribution >= 4 is 22.5 Å². The molecule has 1 atom stereocenters. The standard InChI is InChI=1S/C23H25N3O4S/c1-4-29-20-11-8-16(12-21(20)30-5-2)23(27)24-22-18-13-31(28)14-19(18)25-26(22)17-9-6-15(3)7-10-17/h6-12H,4-5,13-14H2,1-3H3,(H,24,27)/t31-/m1/s1. The van der Waals surface area contributed by atoms with Gasteiger partial charge in [0, 0.05) is 21.9 Å². The number of anilines is 1. The molecule has 0 fully saturated rings. The number of rotatable bonds is 7. The van der Waals surface area contributed by atoms with E-state index in [0.717, 1.165) is 22.5 Å². The number of ether oxygens (including phenoxy) is 2.